The van der Waals surface area contributed by atoms with E-state index in [1.165, 1.54) is 13.8 Å². The van der Waals surface area contributed by atoms with Gasteiger partial charge in [-0.25, -0.2) is 0 Å². The van der Waals surface area contributed by atoms with Crippen LogP contribution in [0.4, 0.5) is 0 Å². The predicted molar refractivity (Wildman–Crippen MR) is 85.5 cm³/mol. The minimum atomic E-state index is -1.64. The van der Waals surface area contributed by atoms with Gasteiger partial charge in [-0.2, -0.15) is 0 Å². The van der Waals surface area contributed by atoms with Crippen LogP contribution in [0, 0.1) is 11.3 Å². The molecule has 1 saturated heterocycles. The molecule has 0 saturated carbocycles. The summed E-state index contributed by atoms with van der Waals surface area (Å²) in [4.78, 5) is 50.5. The molecule has 6 heteroatoms. The van der Waals surface area contributed by atoms with Gasteiger partial charge in [-0.3, -0.25) is 24.1 Å². The van der Waals surface area contributed by atoms with Crippen molar-refractivity contribution in [1.82, 2.24) is 4.90 Å². The van der Waals surface area contributed by atoms with Gasteiger partial charge in [0.05, 0.1) is 19.1 Å². The van der Waals surface area contributed by atoms with Crippen molar-refractivity contribution in [2.24, 2.45) is 11.3 Å². The van der Waals surface area contributed by atoms with Crippen molar-refractivity contribution in [2.75, 3.05) is 6.61 Å². The molecule has 0 radical (unpaired) electrons. The largest absolute Gasteiger partial charge is 0.465 e. The molecule has 0 spiro atoms. The second-order valence-corrected chi connectivity index (χ2v) is 6.04. The van der Waals surface area contributed by atoms with Gasteiger partial charge in [0, 0.05) is 6.42 Å². The first-order chi connectivity index (χ1) is 11.3. The van der Waals surface area contributed by atoms with Crippen LogP contribution in [0.2, 0.25) is 0 Å². The van der Waals surface area contributed by atoms with Gasteiger partial charge in [-0.1, -0.05) is 30.3 Å². The van der Waals surface area contributed by atoms with Gasteiger partial charge in [0.15, 0.2) is 0 Å². The van der Waals surface area contributed by atoms with Crippen LogP contribution in [0.3, 0.4) is 0 Å². The van der Waals surface area contributed by atoms with E-state index in [0.29, 0.717) is 0 Å². The minimum absolute atomic E-state index is 0.101. The van der Waals surface area contributed by atoms with Gasteiger partial charge in [-0.05, 0) is 26.3 Å². The van der Waals surface area contributed by atoms with E-state index >= 15 is 0 Å². The van der Waals surface area contributed by atoms with Crippen molar-refractivity contribution in [1.29, 1.82) is 0 Å². The average Bonchev–Trinajstić information content (AvgIpc) is 2.83. The van der Waals surface area contributed by atoms with Crippen molar-refractivity contribution >= 4 is 23.6 Å². The number of amides is 2. The van der Waals surface area contributed by atoms with Crippen LogP contribution in [0.15, 0.2) is 30.3 Å². The summed E-state index contributed by atoms with van der Waals surface area (Å²) in [6.45, 7) is 4.49. The van der Waals surface area contributed by atoms with Gasteiger partial charge >= 0.3 is 5.97 Å². The second kappa shape index (κ2) is 6.95. The number of nitrogens with zero attached hydrogens (tertiary/aromatic N) is 1. The third-order valence-corrected chi connectivity index (χ3v) is 4.56. The Kier molecular flexibility index (Phi) is 5.17. The molecule has 0 N–H and O–H groups in total. The number of carbonyl (C=O) groups excluding carboxylic acids is 4. The number of likely N-dealkylation sites (tertiary alicyclic amines) is 1. The number of Topliss-reactive ketones (excluding diaryl/α,β-unsaturated/α-hetero) is 1. The zero-order valence-electron chi connectivity index (χ0n) is 14.1. The summed E-state index contributed by atoms with van der Waals surface area (Å²) in [5.41, 5.74) is -0.839. The average molecular weight is 331 g/mol. The first-order valence-corrected chi connectivity index (χ1v) is 7.88. The monoisotopic (exact) mass is 331 g/mol. The van der Waals surface area contributed by atoms with Crippen molar-refractivity contribution in [3.63, 3.8) is 0 Å². The third-order valence-electron chi connectivity index (χ3n) is 4.56. The molecule has 1 aromatic rings. The fourth-order valence-electron chi connectivity index (χ4n) is 2.88. The highest BCUT2D eigenvalue weighted by Crippen LogP contribution is 2.39. The summed E-state index contributed by atoms with van der Waals surface area (Å²) in [5.74, 6) is -3.15. The van der Waals surface area contributed by atoms with Crippen LogP contribution in [0.1, 0.15) is 32.8 Å². The number of rotatable bonds is 6. The number of esters is 1. The molecule has 6 nitrogen and oxygen atoms in total. The number of benzene rings is 1. The minimum Gasteiger partial charge on any atom is -0.465 e. The Morgan fingerprint density at radius 2 is 1.88 bits per heavy atom. The summed E-state index contributed by atoms with van der Waals surface area (Å²) in [5, 5.41) is 0. The first-order valence-electron chi connectivity index (χ1n) is 7.88. The zero-order valence-corrected chi connectivity index (χ0v) is 14.1. The molecule has 0 bridgehead atoms. The lowest BCUT2D eigenvalue weighted by molar-refractivity contribution is -0.165. The summed E-state index contributed by atoms with van der Waals surface area (Å²) in [7, 11) is 0. The van der Waals surface area contributed by atoms with Crippen molar-refractivity contribution in [3.8, 4) is 0 Å². The van der Waals surface area contributed by atoms with Crippen LogP contribution in [0.5, 0.6) is 0 Å². The number of hydrogen-bond donors (Lipinski definition) is 0. The maximum Gasteiger partial charge on any atom is 0.320 e. The molecular weight excluding hydrogens is 310 g/mol. The smallest absolute Gasteiger partial charge is 0.320 e. The summed E-state index contributed by atoms with van der Waals surface area (Å²) in [6.07, 6.45) is -0.166. The summed E-state index contributed by atoms with van der Waals surface area (Å²) in [6, 6.07) is 9.09. The van der Waals surface area contributed by atoms with E-state index in [9.17, 15) is 19.2 Å². The molecule has 0 aromatic heterocycles. The van der Waals surface area contributed by atoms with Crippen molar-refractivity contribution in [2.45, 2.75) is 33.7 Å². The maximum atomic E-state index is 12.7. The Hall–Kier alpha value is -2.50. The van der Waals surface area contributed by atoms with Gasteiger partial charge in [0.1, 0.15) is 11.2 Å². The lowest BCUT2D eigenvalue weighted by Gasteiger charge is -2.29. The molecule has 24 heavy (non-hydrogen) atoms. The summed E-state index contributed by atoms with van der Waals surface area (Å²) < 4.78 is 4.98. The first kappa shape index (κ1) is 17.8. The van der Waals surface area contributed by atoms with Gasteiger partial charge in [0.2, 0.25) is 11.8 Å². The Balaban J connectivity index is 2.28. The highest BCUT2D eigenvalue weighted by atomic mass is 16.5. The number of ketones is 1. The quantitative estimate of drug-likeness (QED) is 0.450. The van der Waals surface area contributed by atoms with Crippen LogP contribution < -0.4 is 0 Å². The maximum absolute atomic E-state index is 12.7. The van der Waals surface area contributed by atoms with Gasteiger partial charge < -0.3 is 4.74 Å². The molecule has 128 valence electrons. The molecular formula is C18H21NO5. The van der Waals surface area contributed by atoms with Crippen LogP contribution in [-0.4, -0.2) is 35.1 Å². The highest BCUT2D eigenvalue weighted by Gasteiger charge is 2.56. The lowest BCUT2D eigenvalue weighted by atomic mass is 9.73. The fourth-order valence-corrected chi connectivity index (χ4v) is 2.88. The Morgan fingerprint density at radius 1 is 1.25 bits per heavy atom. The Morgan fingerprint density at radius 3 is 2.42 bits per heavy atom. The highest BCUT2D eigenvalue weighted by molar-refractivity contribution is 6.12. The molecule has 1 aromatic carbocycles. The second-order valence-electron chi connectivity index (χ2n) is 6.04. The molecule has 2 atom stereocenters. The lowest BCUT2D eigenvalue weighted by Crippen LogP contribution is -2.46. The van der Waals surface area contributed by atoms with Crippen molar-refractivity contribution < 1.29 is 23.9 Å². The summed E-state index contributed by atoms with van der Waals surface area (Å²) >= 11 is 0. The zero-order chi connectivity index (χ0) is 17.9. The molecule has 0 aliphatic carbocycles. The van der Waals surface area contributed by atoms with E-state index in [1.54, 1.807) is 6.92 Å². The molecule has 1 aliphatic heterocycles. The van der Waals surface area contributed by atoms with E-state index in [2.05, 4.69) is 0 Å². The fraction of sp³-hybridized carbons (Fsp3) is 0.444. The van der Waals surface area contributed by atoms with Crippen molar-refractivity contribution in [3.05, 3.63) is 35.9 Å². The Labute approximate surface area is 140 Å². The topological polar surface area (TPSA) is 80.8 Å². The molecule has 1 fully saturated rings. The van der Waals surface area contributed by atoms with Gasteiger partial charge in [-0.15, -0.1) is 0 Å². The van der Waals surface area contributed by atoms with Crippen LogP contribution >= 0.6 is 0 Å². The molecule has 1 aliphatic rings. The number of imide groups is 1. The molecule has 1 heterocycles. The number of ether oxygens (including phenoxy) is 1. The number of carbonyl (C=O) groups is 4. The standard InChI is InChI=1S/C18H21NO5/c1-4-24-17(23)18(3,12(2)20)14-10-15(21)19(16(14)22)11-13-8-6-5-7-9-13/h5-9,14H,4,10-11H2,1-3H3. The SMILES string of the molecule is CCOC(=O)C(C)(C(C)=O)C1CC(=O)N(Cc2ccccc2)C1=O. The molecule has 2 unspecified atom stereocenters. The van der Waals surface area contributed by atoms with E-state index in [4.69, 9.17) is 4.74 Å². The number of hydrogen-bond acceptors (Lipinski definition) is 5. The van der Waals surface area contributed by atoms with Gasteiger partial charge in [0.25, 0.3) is 0 Å². The van der Waals surface area contributed by atoms with E-state index in [0.717, 1.165) is 10.5 Å². The van der Waals surface area contributed by atoms with Crippen LogP contribution in [0.25, 0.3) is 0 Å². The Bertz CT molecular complexity index is 669. The normalized spacial score (nSPS) is 20.0. The molecule has 2 amide bonds. The molecule has 2 rings (SSSR count). The van der Waals surface area contributed by atoms with E-state index in [1.807, 2.05) is 30.3 Å². The van der Waals surface area contributed by atoms with Crippen LogP contribution in [-0.2, 0) is 30.5 Å². The van der Waals surface area contributed by atoms with E-state index in [-0.39, 0.29) is 25.5 Å². The predicted octanol–water partition coefficient (Wildman–Crippen LogP) is 1.72. The third kappa shape index (κ3) is 3.09. The van der Waals surface area contributed by atoms with E-state index < -0.39 is 29.0 Å².